The van der Waals surface area contributed by atoms with E-state index in [9.17, 15) is 12.8 Å². The first kappa shape index (κ1) is 15.7. The van der Waals surface area contributed by atoms with E-state index in [4.69, 9.17) is 4.52 Å². The largest absolute Gasteiger partial charge is 0.361 e. The Morgan fingerprint density at radius 3 is 2.24 bits per heavy atom. The summed E-state index contributed by atoms with van der Waals surface area (Å²) in [6.07, 6.45) is 0. The minimum Gasteiger partial charge on any atom is -0.361 e. The molecule has 2 rings (SSSR count). The molecular weight excluding hydrogens is 295 g/mol. The van der Waals surface area contributed by atoms with Crippen molar-refractivity contribution in [2.75, 3.05) is 7.05 Å². The standard InChI is InChI=1S/C14H17FN2O3S/c1-9-5-12(15)6-10(2)14(9)21(18,19)17(4)8-13-7-11(3)20-16-13/h5-7H,8H2,1-4H3. The molecule has 5 nitrogen and oxygen atoms in total. The molecule has 1 aromatic heterocycles. The molecule has 0 unspecified atom stereocenters. The lowest BCUT2D eigenvalue weighted by molar-refractivity contribution is 0.378. The molecule has 0 bridgehead atoms. The van der Waals surface area contributed by atoms with Crippen LogP contribution in [0.4, 0.5) is 4.39 Å². The Labute approximate surface area is 123 Å². The summed E-state index contributed by atoms with van der Waals surface area (Å²) in [4.78, 5) is 0.131. The predicted octanol–water partition coefficient (Wildman–Crippen LogP) is 2.56. The number of nitrogens with zero attached hydrogens (tertiary/aromatic N) is 2. The van der Waals surface area contributed by atoms with Gasteiger partial charge in [0.05, 0.1) is 17.1 Å². The number of hydrogen-bond acceptors (Lipinski definition) is 4. The molecule has 0 saturated carbocycles. The zero-order valence-electron chi connectivity index (χ0n) is 12.3. The van der Waals surface area contributed by atoms with Crippen molar-refractivity contribution in [2.24, 2.45) is 0 Å². The molecule has 0 aliphatic carbocycles. The molecule has 0 spiro atoms. The van der Waals surface area contributed by atoms with Gasteiger partial charge < -0.3 is 4.52 Å². The molecular formula is C14H17FN2O3S. The van der Waals surface area contributed by atoms with E-state index in [0.717, 1.165) is 0 Å². The molecule has 0 amide bonds. The summed E-state index contributed by atoms with van der Waals surface area (Å²) in [6, 6.07) is 4.11. The maximum absolute atomic E-state index is 13.3. The Morgan fingerprint density at radius 2 is 1.76 bits per heavy atom. The number of aryl methyl sites for hydroxylation is 3. The van der Waals surface area contributed by atoms with Crippen LogP contribution in [0.1, 0.15) is 22.6 Å². The molecule has 1 aromatic carbocycles. The average molecular weight is 312 g/mol. The van der Waals surface area contributed by atoms with E-state index in [1.165, 1.54) is 23.5 Å². The summed E-state index contributed by atoms with van der Waals surface area (Å²) < 4.78 is 44.7. The molecule has 7 heteroatoms. The quantitative estimate of drug-likeness (QED) is 0.870. The van der Waals surface area contributed by atoms with Crippen LogP contribution in [0.25, 0.3) is 0 Å². The number of aromatic nitrogens is 1. The van der Waals surface area contributed by atoms with Gasteiger partial charge >= 0.3 is 0 Å². The van der Waals surface area contributed by atoms with Crippen LogP contribution in [-0.2, 0) is 16.6 Å². The highest BCUT2D eigenvalue weighted by Crippen LogP contribution is 2.25. The van der Waals surface area contributed by atoms with Gasteiger partial charge in [-0.3, -0.25) is 0 Å². The van der Waals surface area contributed by atoms with Crippen LogP contribution >= 0.6 is 0 Å². The van der Waals surface area contributed by atoms with Gasteiger partial charge in [0, 0.05) is 13.1 Å². The maximum Gasteiger partial charge on any atom is 0.243 e. The van der Waals surface area contributed by atoms with Crippen LogP contribution in [0, 0.1) is 26.6 Å². The molecule has 0 N–H and O–H groups in total. The van der Waals surface area contributed by atoms with E-state index in [2.05, 4.69) is 5.16 Å². The minimum atomic E-state index is -3.72. The molecule has 0 fully saturated rings. The van der Waals surface area contributed by atoms with Crippen LogP contribution < -0.4 is 0 Å². The van der Waals surface area contributed by atoms with Gasteiger partial charge in [0.15, 0.2) is 0 Å². The summed E-state index contributed by atoms with van der Waals surface area (Å²) in [6.45, 7) is 4.99. The zero-order chi connectivity index (χ0) is 15.8. The van der Waals surface area contributed by atoms with E-state index < -0.39 is 15.8 Å². The first-order chi connectivity index (χ1) is 9.71. The normalized spacial score (nSPS) is 12.1. The second-order valence-electron chi connectivity index (χ2n) is 5.06. The summed E-state index contributed by atoms with van der Waals surface area (Å²) in [5.74, 6) is 0.170. The topological polar surface area (TPSA) is 63.4 Å². The van der Waals surface area contributed by atoms with Crippen LogP contribution in [0.2, 0.25) is 0 Å². The Balaban J connectivity index is 2.38. The maximum atomic E-state index is 13.3. The molecule has 0 saturated heterocycles. The van der Waals surface area contributed by atoms with Crippen LogP contribution in [0.15, 0.2) is 27.6 Å². The summed E-state index contributed by atoms with van der Waals surface area (Å²) >= 11 is 0. The summed E-state index contributed by atoms with van der Waals surface area (Å²) in [5.41, 5.74) is 1.29. The highest BCUT2D eigenvalue weighted by Gasteiger charge is 2.26. The molecule has 0 atom stereocenters. The Bertz CT molecular complexity index is 745. The Hall–Kier alpha value is -1.73. The zero-order valence-corrected chi connectivity index (χ0v) is 13.2. The predicted molar refractivity (Wildman–Crippen MR) is 75.8 cm³/mol. The van der Waals surface area contributed by atoms with Gasteiger partial charge in [-0.1, -0.05) is 5.16 Å². The fourth-order valence-corrected chi connectivity index (χ4v) is 3.81. The van der Waals surface area contributed by atoms with Gasteiger partial charge in [0.2, 0.25) is 10.0 Å². The van der Waals surface area contributed by atoms with E-state index in [1.54, 1.807) is 26.8 Å². The van der Waals surface area contributed by atoms with E-state index in [0.29, 0.717) is 22.6 Å². The van der Waals surface area contributed by atoms with Crippen LogP contribution in [-0.4, -0.2) is 24.9 Å². The molecule has 1 heterocycles. The van der Waals surface area contributed by atoms with Gasteiger partial charge in [-0.25, -0.2) is 12.8 Å². The molecule has 0 aliphatic heterocycles. The fourth-order valence-electron chi connectivity index (χ4n) is 2.27. The summed E-state index contributed by atoms with van der Waals surface area (Å²) in [5, 5.41) is 3.78. The third-order valence-electron chi connectivity index (χ3n) is 3.15. The molecule has 0 aliphatic rings. The van der Waals surface area contributed by atoms with Crippen molar-refractivity contribution in [1.29, 1.82) is 0 Å². The highest BCUT2D eigenvalue weighted by atomic mass is 32.2. The Kier molecular flexibility index (Phi) is 4.15. The van der Waals surface area contributed by atoms with E-state index >= 15 is 0 Å². The van der Waals surface area contributed by atoms with Crippen molar-refractivity contribution in [3.63, 3.8) is 0 Å². The SMILES string of the molecule is Cc1cc(CN(C)S(=O)(=O)c2c(C)cc(F)cc2C)no1. The molecule has 2 aromatic rings. The number of rotatable bonds is 4. The Morgan fingerprint density at radius 1 is 1.19 bits per heavy atom. The number of benzene rings is 1. The third kappa shape index (κ3) is 3.14. The second-order valence-corrected chi connectivity index (χ2v) is 7.04. The molecule has 114 valence electrons. The fraction of sp³-hybridized carbons (Fsp3) is 0.357. The first-order valence-electron chi connectivity index (χ1n) is 6.37. The van der Waals surface area contributed by atoms with Crippen molar-refractivity contribution < 1.29 is 17.3 Å². The monoisotopic (exact) mass is 312 g/mol. The smallest absolute Gasteiger partial charge is 0.243 e. The van der Waals surface area contributed by atoms with Gasteiger partial charge in [-0.15, -0.1) is 0 Å². The van der Waals surface area contributed by atoms with Gasteiger partial charge in [-0.05, 0) is 44.0 Å². The van der Waals surface area contributed by atoms with Gasteiger partial charge in [0.25, 0.3) is 0 Å². The van der Waals surface area contributed by atoms with Crippen LogP contribution in [0.3, 0.4) is 0 Å². The van der Waals surface area contributed by atoms with E-state index in [-0.39, 0.29) is 11.4 Å². The minimum absolute atomic E-state index is 0.0932. The lowest BCUT2D eigenvalue weighted by Gasteiger charge is -2.19. The van der Waals surface area contributed by atoms with Crippen molar-refractivity contribution in [2.45, 2.75) is 32.2 Å². The van der Waals surface area contributed by atoms with Crippen molar-refractivity contribution in [1.82, 2.24) is 9.46 Å². The average Bonchev–Trinajstić information content (AvgIpc) is 2.72. The lowest BCUT2D eigenvalue weighted by Crippen LogP contribution is -2.28. The van der Waals surface area contributed by atoms with Crippen molar-refractivity contribution in [3.8, 4) is 0 Å². The van der Waals surface area contributed by atoms with Crippen LogP contribution in [0.5, 0.6) is 0 Å². The molecule has 21 heavy (non-hydrogen) atoms. The number of halogens is 1. The van der Waals surface area contributed by atoms with Gasteiger partial charge in [-0.2, -0.15) is 4.31 Å². The van der Waals surface area contributed by atoms with Crippen molar-refractivity contribution in [3.05, 3.63) is 46.6 Å². The second kappa shape index (κ2) is 5.57. The van der Waals surface area contributed by atoms with Gasteiger partial charge in [0.1, 0.15) is 11.6 Å². The number of sulfonamides is 1. The van der Waals surface area contributed by atoms with Crippen molar-refractivity contribution >= 4 is 10.0 Å². The lowest BCUT2D eigenvalue weighted by atomic mass is 10.1. The highest BCUT2D eigenvalue weighted by molar-refractivity contribution is 7.89. The molecule has 0 radical (unpaired) electrons. The van der Waals surface area contributed by atoms with E-state index in [1.807, 2.05) is 0 Å². The first-order valence-corrected chi connectivity index (χ1v) is 7.81. The third-order valence-corrected chi connectivity index (χ3v) is 5.26. The number of hydrogen-bond donors (Lipinski definition) is 0. The summed E-state index contributed by atoms with van der Waals surface area (Å²) in [7, 11) is -2.26.